The molecule has 1 N–H and O–H groups in total. The van der Waals surface area contributed by atoms with Gasteiger partial charge in [-0.3, -0.25) is 4.79 Å². The minimum atomic E-state index is -0.117. The molecular weight excluding hydrogens is 562 g/mol. The van der Waals surface area contributed by atoms with Crippen molar-refractivity contribution in [1.29, 1.82) is 0 Å². The van der Waals surface area contributed by atoms with Gasteiger partial charge in [-0.15, -0.1) is 0 Å². The topological polar surface area (TPSA) is 34.0 Å². The van der Waals surface area contributed by atoms with E-state index in [-0.39, 0.29) is 29.8 Å². The molecule has 1 saturated heterocycles. The van der Waals surface area contributed by atoms with Gasteiger partial charge in [-0.2, -0.15) is 0 Å². The summed E-state index contributed by atoms with van der Waals surface area (Å²) in [6.07, 6.45) is 3.01. The average molecular weight is 594 g/mol. The van der Waals surface area contributed by atoms with Gasteiger partial charge in [0.2, 0.25) is 0 Å². The van der Waals surface area contributed by atoms with Gasteiger partial charge in [0.25, 0.3) is 5.91 Å². The summed E-state index contributed by atoms with van der Waals surface area (Å²) in [5, 5.41) is 1.70. The Morgan fingerprint density at radius 1 is 1.00 bits per heavy atom. The standard InChI is InChI=1S/C30H31Cl3N2O2.ClH/c1-34(29(36)21-6-9-25(31)10-7-21)19-23(22-8-11-27(32)28(33)18-22)12-15-35-16-13-30(14-17-35)26-5-3-2-4-24(26)20-37-30;/h2-11,18,23H,12-17,19-20H2,1H3;1H. The third-order valence-corrected chi connectivity index (χ3v) is 8.96. The van der Waals surface area contributed by atoms with E-state index >= 15 is 0 Å². The zero-order chi connectivity index (χ0) is 26.0. The van der Waals surface area contributed by atoms with Gasteiger partial charge in [-0.25, -0.2) is 0 Å². The molecule has 2 aliphatic rings. The molecule has 8 heteroatoms. The number of quaternary nitrogens is 1. The van der Waals surface area contributed by atoms with Crippen LogP contribution >= 0.6 is 34.8 Å². The summed E-state index contributed by atoms with van der Waals surface area (Å²) in [7, 11) is 1.86. The van der Waals surface area contributed by atoms with Crippen molar-refractivity contribution in [1.82, 2.24) is 4.90 Å². The SMILES string of the molecule is CN(CC(CC[NH+]1CCC2(CC1)OCc1ccccc12)c1ccc(Cl)c(Cl)c1)C(=O)c1ccc(Cl)cc1.[Cl-]. The molecule has 38 heavy (non-hydrogen) atoms. The average Bonchev–Trinajstić information content (AvgIpc) is 3.27. The molecule has 202 valence electrons. The van der Waals surface area contributed by atoms with Crippen molar-refractivity contribution < 1.29 is 26.8 Å². The first-order valence-electron chi connectivity index (χ1n) is 12.9. The summed E-state index contributed by atoms with van der Waals surface area (Å²) in [4.78, 5) is 16.5. The number of halogens is 4. The first-order chi connectivity index (χ1) is 17.8. The lowest BCUT2D eigenvalue weighted by atomic mass is 9.83. The minimum Gasteiger partial charge on any atom is -1.00 e. The second kappa shape index (κ2) is 12.6. The third kappa shape index (κ3) is 6.33. The van der Waals surface area contributed by atoms with Crippen molar-refractivity contribution in [2.24, 2.45) is 0 Å². The van der Waals surface area contributed by atoms with Crippen LogP contribution in [-0.4, -0.2) is 44.0 Å². The zero-order valence-corrected chi connectivity index (χ0v) is 24.4. The molecule has 5 rings (SSSR count). The van der Waals surface area contributed by atoms with Crippen molar-refractivity contribution >= 4 is 40.7 Å². The van der Waals surface area contributed by atoms with Crippen molar-refractivity contribution in [2.45, 2.75) is 37.4 Å². The van der Waals surface area contributed by atoms with Gasteiger partial charge in [-0.05, 0) is 53.1 Å². The monoisotopic (exact) mass is 592 g/mol. The molecular formula is C30H32Cl4N2O2. The molecule has 3 aromatic rings. The summed E-state index contributed by atoms with van der Waals surface area (Å²) >= 11 is 18.6. The van der Waals surface area contributed by atoms with E-state index in [0.717, 1.165) is 51.1 Å². The summed E-state index contributed by atoms with van der Waals surface area (Å²) in [5.41, 5.74) is 4.33. The Kier molecular flexibility index (Phi) is 9.67. The van der Waals surface area contributed by atoms with Gasteiger partial charge in [0.1, 0.15) is 5.60 Å². The number of hydrogen-bond acceptors (Lipinski definition) is 2. The lowest BCUT2D eigenvalue weighted by Crippen LogP contribution is -3.13. The first-order valence-corrected chi connectivity index (χ1v) is 14.0. The van der Waals surface area contributed by atoms with Crippen LogP contribution in [0.4, 0.5) is 0 Å². The Labute approximate surface area is 246 Å². The van der Waals surface area contributed by atoms with Gasteiger partial charge < -0.3 is 26.9 Å². The number of carbonyl (C=O) groups is 1. The zero-order valence-electron chi connectivity index (χ0n) is 21.4. The summed E-state index contributed by atoms with van der Waals surface area (Å²) in [5.74, 6) is 0.119. The fraction of sp³-hybridized carbons (Fsp3) is 0.367. The Hall–Kier alpha value is -1.79. The van der Waals surface area contributed by atoms with Gasteiger partial charge in [0.05, 0.1) is 36.3 Å². The predicted octanol–water partition coefficient (Wildman–Crippen LogP) is 3.00. The predicted molar refractivity (Wildman–Crippen MR) is 150 cm³/mol. The number of nitrogens with one attached hydrogen (secondary N) is 1. The summed E-state index contributed by atoms with van der Waals surface area (Å²) in [6.45, 7) is 4.47. The third-order valence-electron chi connectivity index (χ3n) is 7.97. The molecule has 1 spiro atoms. The number of amides is 1. The molecule has 1 fully saturated rings. The van der Waals surface area contributed by atoms with Crippen LogP contribution in [0.3, 0.4) is 0 Å². The highest BCUT2D eigenvalue weighted by molar-refractivity contribution is 6.42. The first kappa shape index (κ1) is 29.2. The molecule has 0 saturated carbocycles. The number of ether oxygens (including phenoxy) is 1. The van der Waals surface area contributed by atoms with E-state index in [1.807, 2.05) is 25.2 Å². The minimum absolute atomic E-state index is 0. The maximum absolute atomic E-state index is 13.1. The van der Waals surface area contributed by atoms with E-state index < -0.39 is 0 Å². The van der Waals surface area contributed by atoms with Crippen LogP contribution in [0.5, 0.6) is 0 Å². The van der Waals surface area contributed by atoms with E-state index in [9.17, 15) is 4.79 Å². The quantitative estimate of drug-likeness (QED) is 0.457. The molecule has 4 nitrogen and oxygen atoms in total. The summed E-state index contributed by atoms with van der Waals surface area (Å²) in [6, 6.07) is 21.5. The van der Waals surface area contributed by atoms with Crippen LogP contribution in [0.15, 0.2) is 66.7 Å². The molecule has 2 heterocycles. The Morgan fingerprint density at radius 3 is 2.42 bits per heavy atom. The van der Waals surface area contributed by atoms with E-state index in [2.05, 4.69) is 24.3 Å². The molecule has 3 aromatic carbocycles. The van der Waals surface area contributed by atoms with Gasteiger partial charge in [0.15, 0.2) is 0 Å². The van der Waals surface area contributed by atoms with Crippen LogP contribution in [-0.2, 0) is 16.9 Å². The molecule has 1 unspecified atom stereocenters. The molecule has 0 aliphatic carbocycles. The van der Waals surface area contributed by atoms with Crippen molar-refractivity contribution in [3.63, 3.8) is 0 Å². The Bertz CT molecular complexity index is 1260. The number of benzene rings is 3. The van der Waals surface area contributed by atoms with Crippen LogP contribution in [0.25, 0.3) is 0 Å². The maximum Gasteiger partial charge on any atom is 0.253 e. The highest BCUT2D eigenvalue weighted by Crippen LogP contribution is 2.42. The smallest absolute Gasteiger partial charge is 0.253 e. The second-order valence-electron chi connectivity index (χ2n) is 10.3. The van der Waals surface area contributed by atoms with E-state index in [0.29, 0.717) is 27.2 Å². The molecule has 1 atom stereocenters. The van der Waals surface area contributed by atoms with Crippen LogP contribution in [0.2, 0.25) is 15.1 Å². The molecule has 0 bridgehead atoms. The molecule has 2 aliphatic heterocycles. The lowest BCUT2D eigenvalue weighted by molar-refractivity contribution is -0.908. The van der Waals surface area contributed by atoms with E-state index in [1.165, 1.54) is 11.1 Å². The highest BCUT2D eigenvalue weighted by atomic mass is 35.5. The summed E-state index contributed by atoms with van der Waals surface area (Å²) < 4.78 is 6.35. The lowest BCUT2D eigenvalue weighted by Gasteiger charge is -2.37. The number of rotatable bonds is 7. The number of piperidine rings is 1. The largest absolute Gasteiger partial charge is 1.00 e. The number of likely N-dealkylation sites (tertiary alicyclic amines) is 1. The van der Waals surface area contributed by atoms with E-state index in [1.54, 1.807) is 34.1 Å². The number of hydrogen-bond donors (Lipinski definition) is 1. The van der Waals surface area contributed by atoms with Crippen molar-refractivity contribution in [3.8, 4) is 0 Å². The van der Waals surface area contributed by atoms with Gasteiger partial charge in [-0.1, -0.05) is 65.1 Å². The van der Waals surface area contributed by atoms with Gasteiger partial charge in [0, 0.05) is 49.4 Å². The fourth-order valence-corrected chi connectivity index (χ4v) is 6.22. The van der Waals surface area contributed by atoms with Crippen LogP contribution < -0.4 is 17.3 Å². The van der Waals surface area contributed by atoms with Crippen molar-refractivity contribution in [2.75, 3.05) is 33.2 Å². The Balaban J connectivity index is 0.00000336. The molecule has 1 amide bonds. The molecule has 0 aromatic heterocycles. The molecule has 0 radical (unpaired) electrons. The van der Waals surface area contributed by atoms with Crippen LogP contribution in [0.1, 0.15) is 52.2 Å². The number of nitrogens with zero attached hydrogens (tertiary/aromatic N) is 1. The van der Waals surface area contributed by atoms with E-state index in [4.69, 9.17) is 39.5 Å². The van der Waals surface area contributed by atoms with Crippen molar-refractivity contribution in [3.05, 3.63) is 104 Å². The normalized spacial score (nSPS) is 21.0. The maximum atomic E-state index is 13.1. The number of carbonyl (C=O) groups excluding carboxylic acids is 1. The highest BCUT2D eigenvalue weighted by Gasteiger charge is 2.44. The second-order valence-corrected chi connectivity index (χ2v) is 11.5. The number of fused-ring (bicyclic) bond motifs is 2. The fourth-order valence-electron chi connectivity index (χ4n) is 5.79. The van der Waals surface area contributed by atoms with Crippen LogP contribution in [0, 0.1) is 0 Å². The number of likely N-dealkylation sites (N-methyl/N-ethyl adjacent to an activating group) is 1. The van der Waals surface area contributed by atoms with Gasteiger partial charge >= 0.3 is 0 Å². The Morgan fingerprint density at radius 2 is 1.71 bits per heavy atom.